The fourth-order valence-electron chi connectivity index (χ4n) is 6.73. The first-order valence-electron chi connectivity index (χ1n) is 18.6. The maximum Gasteiger partial charge on any atom is 0.410 e. The van der Waals surface area contributed by atoms with Gasteiger partial charge in [0.1, 0.15) is 10.8 Å². The summed E-state index contributed by atoms with van der Waals surface area (Å²) in [4.78, 5) is 36.2. The third-order valence-corrected chi connectivity index (χ3v) is 15.3. The zero-order valence-corrected chi connectivity index (χ0v) is 34.7. The van der Waals surface area contributed by atoms with Gasteiger partial charge < -0.3 is 14.1 Å². The number of hydrogen-bond donors (Lipinski definition) is 1. The Hall–Kier alpha value is -3.99. The Kier molecular flexibility index (Phi) is 12.3. The number of carbonyl (C=O) groups is 2. The van der Waals surface area contributed by atoms with Gasteiger partial charge in [0, 0.05) is 30.4 Å². The van der Waals surface area contributed by atoms with Crippen LogP contribution in [0.5, 0.6) is 0 Å². The molecule has 1 fully saturated rings. The van der Waals surface area contributed by atoms with Crippen molar-refractivity contribution in [3.8, 4) is 0 Å². The van der Waals surface area contributed by atoms with Gasteiger partial charge in [0.05, 0.1) is 29.6 Å². The lowest BCUT2D eigenvalue weighted by Gasteiger charge is -2.43. The summed E-state index contributed by atoms with van der Waals surface area (Å²) in [7, 11) is -0.455. The summed E-state index contributed by atoms with van der Waals surface area (Å²) in [6.07, 6.45) is 3.78. The zero-order valence-electron chi connectivity index (χ0n) is 32.9. The number of aromatic amines is 1. The molecule has 284 valence electrons. The fourth-order valence-corrected chi connectivity index (χ4v) is 8.13. The normalized spacial score (nSPS) is 17.8. The van der Waals surface area contributed by atoms with Crippen molar-refractivity contribution in [3.63, 3.8) is 0 Å². The Balaban J connectivity index is 1.40. The summed E-state index contributed by atoms with van der Waals surface area (Å²) >= 11 is 6.22. The molecule has 3 heterocycles. The third-order valence-electron chi connectivity index (χ3n) is 10.6. The maximum absolute atomic E-state index is 14.1. The van der Waals surface area contributed by atoms with Crippen LogP contribution in [0.2, 0.25) is 23.3 Å². The van der Waals surface area contributed by atoms with Gasteiger partial charge in [-0.3, -0.25) is 14.8 Å². The first kappa shape index (κ1) is 40.2. The van der Waals surface area contributed by atoms with Crippen LogP contribution in [0.15, 0.2) is 79.0 Å². The molecule has 0 spiro atoms. The van der Waals surface area contributed by atoms with Crippen LogP contribution in [0.3, 0.4) is 0 Å². The SMILES string of the molecule is Cc1cc(C(Cc2ccccc2)N(C)C(=O)c2ccc(C[C@@H]3CC[C@H]([C@H](O[Si](C)(C)C(C)(C)C)c4ccc(Cl)nc4)N3C(=O)OC(C)(C)C)cc2)[nH]n1. The minimum absolute atomic E-state index is 0.0497. The summed E-state index contributed by atoms with van der Waals surface area (Å²) in [6.45, 7) is 18.7. The lowest BCUT2D eigenvalue weighted by atomic mass is 9.99. The molecule has 9 nitrogen and oxygen atoms in total. The van der Waals surface area contributed by atoms with Crippen LogP contribution in [-0.2, 0) is 22.0 Å². The number of rotatable bonds is 11. The minimum atomic E-state index is -2.30. The molecular weight excluding hydrogens is 702 g/mol. The van der Waals surface area contributed by atoms with Crippen LogP contribution >= 0.6 is 11.6 Å². The molecule has 2 amide bonds. The lowest BCUT2D eigenvalue weighted by Crippen LogP contribution is -2.50. The monoisotopic (exact) mass is 757 g/mol. The molecule has 2 aromatic heterocycles. The van der Waals surface area contributed by atoms with Crippen molar-refractivity contribution in [2.45, 2.75) is 122 Å². The summed E-state index contributed by atoms with van der Waals surface area (Å²) in [5.41, 5.74) is 4.74. The number of halogens is 1. The smallest absolute Gasteiger partial charge is 0.410 e. The summed E-state index contributed by atoms with van der Waals surface area (Å²) in [6, 6.07) is 23.1. The van der Waals surface area contributed by atoms with Gasteiger partial charge in [-0.25, -0.2) is 9.78 Å². The van der Waals surface area contributed by atoms with E-state index in [1.54, 1.807) is 17.2 Å². The van der Waals surface area contributed by atoms with Crippen LogP contribution in [0.4, 0.5) is 4.79 Å². The van der Waals surface area contributed by atoms with E-state index in [1.165, 1.54) is 0 Å². The number of carbonyl (C=O) groups excluding carboxylic acids is 2. The lowest BCUT2D eigenvalue weighted by molar-refractivity contribution is -0.00244. The molecule has 11 heteroatoms. The molecule has 1 saturated heterocycles. The number of ether oxygens (including phenoxy) is 1. The largest absolute Gasteiger partial charge is 0.444 e. The van der Waals surface area contributed by atoms with E-state index in [4.69, 9.17) is 20.8 Å². The van der Waals surface area contributed by atoms with E-state index in [-0.39, 0.29) is 35.2 Å². The molecule has 0 saturated carbocycles. The summed E-state index contributed by atoms with van der Waals surface area (Å²) in [5, 5.41) is 7.83. The quantitative estimate of drug-likeness (QED) is 0.121. The Morgan fingerprint density at radius 2 is 1.66 bits per heavy atom. The highest BCUT2D eigenvalue weighted by molar-refractivity contribution is 6.74. The predicted molar refractivity (Wildman–Crippen MR) is 214 cm³/mol. The molecule has 4 atom stereocenters. The van der Waals surface area contributed by atoms with Crippen LogP contribution in [-0.4, -0.2) is 70.0 Å². The van der Waals surface area contributed by atoms with Gasteiger partial charge in [-0.15, -0.1) is 0 Å². The maximum atomic E-state index is 14.1. The zero-order chi connectivity index (χ0) is 38.7. The molecular formula is C42H56ClN5O4Si. The molecule has 5 rings (SSSR count). The van der Waals surface area contributed by atoms with Gasteiger partial charge in [0.2, 0.25) is 0 Å². The fraction of sp³-hybridized carbons (Fsp3) is 0.476. The van der Waals surface area contributed by atoms with Crippen molar-refractivity contribution in [3.05, 3.63) is 118 Å². The topological polar surface area (TPSA) is 101 Å². The highest BCUT2D eigenvalue weighted by Gasteiger charge is 2.48. The van der Waals surface area contributed by atoms with Crippen molar-refractivity contribution >= 4 is 31.9 Å². The van der Waals surface area contributed by atoms with E-state index in [0.29, 0.717) is 23.6 Å². The standard InChI is InChI=1S/C42H56ClN5O4Si/c1-28-24-34(46-45-28)36(26-29-14-12-11-13-15-29)47(8)39(49)31-18-16-30(17-19-31)25-33-21-22-35(48(33)40(50)51-41(2,3)4)38(32-20-23-37(43)44-27-32)52-53(9,10)42(5,6)7/h11-20,23-24,27,33,35-36,38H,21-22,25-26H2,1-10H3,(H,45,46)/t33-,35+,36?,38+/m0/s1. The molecule has 1 aliphatic rings. The number of aromatic nitrogens is 3. The number of amides is 2. The molecule has 4 aromatic rings. The Morgan fingerprint density at radius 3 is 2.23 bits per heavy atom. The highest BCUT2D eigenvalue weighted by Crippen LogP contribution is 2.44. The van der Waals surface area contributed by atoms with Crippen molar-refractivity contribution in [2.75, 3.05) is 7.05 Å². The number of aryl methyl sites for hydroxylation is 1. The van der Waals surface area contributed by atoms with Crippen molar-refractivity contribution < 1.29 is 18.8 Å². The van der Waals surface area contributed by atoms with E-state index < -0.39 is 20.0 Å². The first-order chi connectivity index (χ1) is 24.8. The number of likely N-dealkylation sites (N-methyl/N-ethyl adjacent to an activating group) is 1. The van der Waals surface area contributed by atoms with Gasteiger partial charge >= 0.3 is 6.09 Å². The van der Waals surface area contributed by atoms with Crippen molar-refractivity contribution in [2.24, 2.45) is 0 Å². The van der Waals surface area contributed by atoms with E-state index in [0.717, 1.165) is 40.9 Å². The average molecular weight is 758 g/mol. The Morgan fingerprint density at radius 1 is 0.981 bits per heavy atom. The second kappa shape index (κ2) is 16.2. The molecule has 0 bridgehead atoms. The predicted octanol–water partition coefficient (Wildman–Crippen LogP) is 9.90. The number of likely N-dealkylation sites (tertiary alicyclic amines) is 1. The van der Waals surface area contributed by atoms with E-state index in [2.05, 4.69) is 61.2 Å². The van der Waals surface area contributed by atoms with Gasteiger partial charge in [0.15, 0.2) is 8.32 Å². The molecule has 0 aliphatic carbocycles. The average Bonchev–Trinajstić information content (AvgIpc) is 3.71. The van der Waals surface area contributed by atoms with Crippen molar-refractivity contribution in [1.82, 2.24) is 25.0 Å². The van der Waals surface area contributed by atoms with Crippen LogP contribution in [0.25, 0.3) is 0 Å². The third kappa shape index (κ3) is 9.96. The Bertz CT molecular complexity index is 1830. The van der Waals surface area contributed by atoms with Crippen molar-refractivity contribution in [1.29, 1.82) is 0 Å². The van der Waals surface area contributed by atoms with E-state index in [1.807, 2.05) is 94.2 Å². The van der Waals surface area contributed by atoms with Gasteiger partial charge in [0.25, 0.3) is 5.91 Å². The number of benzene rings is 2. The molecule has 1 N–H and O–H groups in total. The number of pyridine rings is 1. The van der Waals surface area contributed by atoms with Gasteiger partial charge in [-0.05, 0) is 107 Å². The highest BCUT2D eigenvalue weighted by atomic mass is 35.5. The molecule has 53 heavy (non-hydrogen) atoms. The second-order valence-corrected chi connectivity index (χ2v) is 22.0. The summed E-state index contributed by atoms with van der Waals surface area (Å²) < 4.78 is 13.2. The van der Waals surface area contributed by atoms with E-state index >= 15 is 0 Å². The Labute approximate surface area is 321 Å². The van der Waals surface area contributed by atoms with Crippen LogP contribution in [0.1, 0.15) is 105 Å². The van der Waals surface area contributed by atoms with Crippen LogP contribution in [0, 0.1) is 6.92 Å². The number of nitrogens with zero attached hydrogens (tertiary/aromatic N) is 4. The summed E-state index contributed by atoms with van der Waals surface area (Å²) in [5.74, 6) is -0.0803. The minimum Gasteiger partial charge on any atom is -0.444 e. The molecule has 0 radical (unpaired) electrons. The van der Waals surface area contributed by atoms with Gasteiger partial charge in [-0.1, -0.05) is 80.9 Å². The number of hydrogen-bond acceptors (Lipinski definition) is 6. The van der Waals surface area contributed by atoms with E-state index in [9.17, 15) is 9.59 Å². The second-order valence-electron chi connectivity index (χ2n) is 16.9. The molecule has 2 aromatic carbocycles. The van der Waals surface area contributed by atoms with Crippen LogP contribution < -0.4 is 0 Å². The molecule has 1 aliphatic heterocycles. The number of H-pyrrole nitrogens is 1. The van der Waals surface area contributed by atoms with Gasteiger partial charge in [-0.2, -0.15) is 5.10 Å². The molecule has 1 unspecified atom stereocenters. The number of nitrogens with one attached hydrogen (secondary N) is 1. The first-order valence-corrected chi connectivity index (χ1v) is 21.8.